The lowest BCUT2D eigenvalue weighted by molar-refractivity contribution is 0.0244. The molecule has 34 heavy (non-hydrogen) atoms. The van der Waals surface area contributed by atoms with Crippen LogP contribution in [0.5, 0.6) is 0 Å². The van der Waals surface area contributed by atoms with E-state index in [1.165, 1.54) is 0 Å². The van der Waals surface area contributed by atoms with Gasteiger partial charge >= 0.3 is 0 Å². The third kappa shape index (κ3) is 3.79. The van der Waals surface area contributed by atoms with Crippen LogP contribution in [0, 0.1) is 6.92 Å². The molecule has 3 N–H and O–H groups in total. The van der Waals surface area contributed by atoms with Crippen LogP contribution in [0.25, 0.3) is 10.2 Å². The molecule has 2 aliphatic rings. The van der Waals surface area contributed by atoms with E-state index in [0.29, 0.717) is 11.8 Å². The van der Waals surface area contributed by atoms with Crippen molar-refractivity contribution in [1.82, 2.24) is 34.6 Å². The molecule has 0 aliphatic carbocycles. The van der Waals surface area contributed by atoms with Gasteiger partial charge in [0, 0.05) is 49.3 Å². The van der Waals surface area contributed by atoms with Gasteiger partial charge in [0.05, 0.1) is 10.2 Å². The van der Waals surface area contributed by atoms with Gasteiger partial charge in [-0.25, -0.2) is 9.97 Å². The number of aromatic nitrogens is 6. The Balaban J connectivity index is 1.23. The molecule has 3 atom stereocenters. The number of carbonyl (C=O) groups is 1. The summed E-state index contributed by atoms with van der Waals surface area (Å²) in [6, 6.07) is 4.56. The van der Waals surface area contributed by atoms with Gasteiger partial charge in [-0.15, -0.1) is 11.3 Å². The molecule has 1 unspecified atom stereocenters. The first kappa shape index (κ1) is 21.1. The molecule has 4 aromatic heterocycles. The maximum atomic E-state index is 13.3. The summed E-state index contributed by atoms with van der Waals surface area (Å²) in [5.74, 6) is 2.63. The zero-order chi connectivity index (χ0) is 23.2. The number of rotatable bonds is 5. The monoisotopic (exact) mass is 477 g/mol. The van der Waals surface area contributed by atoms with E-state index in [2.05, 4.69) is 30.7 Å². The number of H-pyrrole nitrogens is 1. The average molecular weight is 478 g/mol. The highest BCUT2D eigenvalue weighted by atomic mass is 32.1. The predicted octanol–water partition coefficient (Wildman–Crippen LogP) is 3.84. The van der Waals surface area contributed by atoms with Crippen LogP contribution in [0.2, 0.25) is 0 Å². The Kier molecular flexibility index (Phi) is 5.20. The van der Waals surface area contributed by atoms with E-state index in [4.69, 9.17) is 9.97 Å². The molecule has 2 bridgehead atoms. The number of aryl methyl sites for hydroxylation is 2. The van der Waals surface area contributed by atoms with Crippen molar-refractivity contribution in [2.24, 2.45) is 7.05 Å². The molecule has 2 fully saturated rings. The Bertz CT molecular complexity index is 1330. The molecule has 0 aromatic carbocycles. The van der Waals surface area contributed by atoms with Crippen molar-refractivity contribution in [3.05, 3.63) is 41.4 Å². The fourth-order valence-electron chi connectivity index (χ4n) is 5.32. The summed E-state index contributed by atoms with van der Waals surface area (Å²) < 4.78 is 2.81. The molecule has 6 heterocycles. The second-order valence-corrected chi connectivity index (χ2v) is 10.1. The molecule has 2 saturated heterocycles. The Morgan fingerprint density at radius 3 is 2.76 bits per heavy atom. The summed E-state index contributed by atoms with van der Waals surface area (Å²) >= 11 is 1.61. The van der Waals surface area contributed by atoms with E-state index in [1.54, 1.807) is 17.5 Å². The van der Waals surface area contributed by atoms with E-state index in [-0.39, 0.29) is 24.0 Å². The van der Waals surface area contributed by atoms with E-state index in [9.17, 15) is 4.79 Å². The summed E-state index contributed by atoms with van der Waals surface area (Å²) in [6.07, 6.45) is 8.44. The quantitative estimate of drug-likeness (QED) is 0.400. The predicted molar refractivity (Wildman–Crippen MR) is 131 cm³/mol. The number of amides is 1. The molecule has 2 aliphatic heterocycles. The van der Waals surface area contributed by atoms with Crippen LogP contribution >= 0.6 is 11.3 Å². The number of nitrogens with one attached hydrogen (secondary N) is 3. The van der Waals surface area contributed by atoms with Gasteiger partial charge in [0.15, 0.2) is 17.5 Å². The fraction of sp³-hybridized carbons (Fsp3) is 0.435. The number of piperidine rings is 2. The third-order valence-electron chi connectivity index (χ3n) is 6.81. The van der Waals surface area contributed by atoms with Crippen LogP contribution in [0.4, 0.5) is 17.6 Å². The SMILES string of the molecule is Cc1cc(Nc2nc(NC3C[C@H]4CCC[C@@H](C3)N4C(=O)c3nccn3C)nc3ccsc23)n[nH]1. The summed E-state index contributed by atoms with van der Waals surface area (Å²) in [7, 11) is 1.87. The normalized spacial score (nSPS) is 22.2. The number of hydrogen-bond acceptors (Lipinski definition) is 8. The second-order valence-electron chi connectivity index (χ2n) is 9.22. The summed E-state index contributed by atoms with van der Waals surface area (Å²) in [4.78, 5) is 29.2. The van der Waals surface area contributed by atoms with E-state index in [0.717, 1.165) is 59.7 Å². The number of carbonyl (C=O) groups excluding carboxylic acids is 1. The first-order chi connectivity index (χ1) is 16.5. The van der Waals surface area contributed by atoms with Gasteiger partial charge in [-0.1, -0.05) is 0 Å². The fourth-order valence-corrected chi connectivity index (χ4v) is 6.09. The Morgan fingerprint density at radius 2 is 2.06 bits per heavy atom. The standard InChI is InChI=1S/C23H27N9OS/c1-13-10-18(30-29-13)27-20-19-17(6-9-34-19)26-23(28-20)25-14-11-15-4-3-5-16(12-14)32(15)22(33)21-24-7-8-31(21)2/h6-10,14-16H,3-5,11-12H2,1-2H3,(H3,25,26,27,28,29,30)/t14?,15-,16+. The average Bonchev–Trinajstić information content (AvgIpc) is 3.54. The zero-order valence-corrected chi connectivity index (χ0v) is 20.0. The van der Waals surface area contributed by atoms with E-state index >= 15 is 0 Å². The summed E-state index contributed by atoms with van der Waals surface area (Å²) in [5.41, 5.74) is 1.88. The molecule has 1 amide bonds. The number of fused-ring (bicyclic) bond motifs is 3. The number of thiophene rings is 1. The number of anilines is 3. The van der Waals surface area contributed by atoms with Crippen LogP contribution in [-0.4, -0.2) is 58.6 Å². The maximum Gasteiger partial charge on any atom is 0.290 e. The van der Waals surface area contributed by atoms with Gasteiger partial charge in [0.2, 0.25) is 5.95 Å². The third-order valence-corrected chi connectivity index (χ3v) is 7.72. The van der Waals surface area contributed by atoms with Crippen LogP contribution in [-0.2, 0) is 7.05 Å². The first-order valence-corrected chi connectivity index (χ1v) is 12.5. The van der Waals surface area contributed by atoms with Crippen molar-refractivity contribution in [2.75, 3.05) is 10.6 Å². The van der Waals surface area contributed by atoms with Crippen molar-refractivity contribution < 1.29 is 4.79 Å². The topological polar surface area (TPSA) is 117 Å². The van der Waals surface area contributed by atoms with Gasteiger partial charge in [0.25, 0.3) is 5.91 Å². The van der Waals surface area contributed by atoms with Crippen molar-refractivity contribution >= 4 is 45.0 Å². The number of aromatic amines is 1. The minimum Gasteiger partial charge on any atom is -0.351 e. The number of nitrogens with zero attached hydrogens (tertiary/aromatic N) is 6. The van der Waals surface area contributed by atoms with Gasteiger partial charge in [-0.3, -0.25) is 9.89 Å². The largest absolute Gasteiger partial charge is 0.351 e. The molecule has 4 aromatic rings. The van der Waals surface area contributed by atoms with Crippen molar-refractivity contribution in [1.29, 1.82) is 0 Å². The lowest BCUT2D eigenvalue weighted by atomic mass is 9.81. The smallest absolute Gasteiger partial charge is 0.290 e. The second kappa shape index (κ2) is 8.39. The molecule has 0 spiro atoms. The zero-order valence-electron chi connectivity index (χ0n) is 19.2. The summed E-state index contributed by atoms with van der Waals surface area (Å²) in [5, 5.41) is 16.2. The van der Waals surface area contributed by atoms with E-state index < -0.39 is 0 Å². The minimum atomic E-state index is 0.0392. The van der Waals surface area contributed by atoms with Crippen LogP contribution in [0.3, 0.4) is 0 Å². The van der Waals surface area contributed by atoms with E-state index in [1.807, 2.05) is 42.2 Å². The number of imidazole rings is 1. The molecule has 176 valence electrons. The summed E-state index contributed by atoms with van der Waals surface area (Å²) in [6.45, 7) is 1.97. The lowest BCUT2D eigenvalue weighted by Gasteiger charge is -2.48. The van der Waals surface area contributed by atoms with Crippen molar-refractivity contribution in [3.8, 4) is 0 Å². The van der Waals surface area contributed by atoms with Gasteiger partial charge < -0.3 is 20.1 Å². The maximum absolute atomic E-state index is 13.3. The highest BCUT2D eigenvalue weighted by molar-refractivity contribution is 7.17. The van der Waals surface area contributed by atoms with Crippen LogP contribution < -0.4 is 10.6 Å². The van der Waals surface area contributed by atoms with Crippen LogP contribution in [0.15, 0.2) is 29.9 Å². The highest BCUT2D eigenvalue weighted by Crippen LogP contribution is 2.36. The number of hydrogen-bond donors (Lipinski definition) is 3. The van der Waals surface area contributed by atoms with Crippen LogP contribution in [0.1, 0.15) is 48.4 Å². The van der Waals surface area contributed by atoms with Crippen molar-refractivity contribution in [2.45, 2.75) is 57.2 Å². The highest BCUT2D eigenvalue weighted by Gasteiger charge is 2.42. The van der Waals surface area contributed by atoms with Crippen molar-refractivity contribution in [3.63, 3.8) is 0 Å². The minimum absolute atomic E-state index is 0.0392. The molecule has 0 radical (unpaired) electrons. The lowest BCUT2D eigenvalue weighted by Crippen LogP contribution is -2.57. The Labute approximate surface area is 200 Å². The van der Waals surface area contributed by atoms with Gasteiger partial charge in [0.1, 0.15) is 0 Å². The Hall–Kier alpha value is -3.47. The molecular formula is C23H27N9OS. The van der Waals surface area contributed by atoms with Gasteiger partial charge in [-0.05, 0) is 50.5 Å². The molecule has 10 nitrogen and oxygen atoms in total. The first-order valence-electron chi connectivity index (χ1n) is 11.7. The molecule has 11 heteroatoms. The molecular weight excluding hydrogens is 450 g/mol. The Morgan fingerprint density at radius 1 is 1.24 bits per heavy atom. The molecule has 0 saturated carbocycles. The van der Waals surface area contributed by atoms with Gasteiger partial charge in [-0.2, -0.15) is 10.1 Å². The molecule has 6 rings (SSSR count).